The maximum Gasteiger partial charge on any atom is 0.0994 e. The van der Waals surface area contributed by atoms with Crippen molar-refractivity contribution in [2.45, 2.75) is 10.7 Å². The summed E-state index contributed by atoms with van der Waals surface area (Å²) in [7, 11) is 0. The van der Waals surface area contributed by atoms with Gasteiger partial charge in [0.15, 0.2) is 0 Å². The summed E-state index contributed by atoms with van der Waals surface area (Å²) in [6.45, 7) is 0. The molecule has 2 nitrogen and oxygen atoms in total. The third kappa shape index (κ3) is 5.17. The summed E-state index contributed by atoms with van der Waals surface area (Å²) in [5.74, 6) is 0. The highest BCUT2D eigenvalue weighted by atomic mass is 79.9. The number of hydrogen-bond acceptors (Lipinski definition) is 2. The van der Waals surface area contributed by atoms with Gasteiger partial charge in [-0.1, -0.05) is 62.2 Å². The number of rotatable bonds is 2. The van der Waals surface area contributed by atoms with E-state index < -0.39 is 0 Å². The van der Waals surface area contributed by atoms with E-state index in [2.05, 4.69) is 44.0 Å². The minimum atomic E-state index is 0.713. The second-order valence-corrected chi connectivity index (χ2v) is 4.97. The van der Waals surface area contributed by atoms with Crippen molar-refractivity contribution in [3.63, 3.8) is 0 Å². The second kappa shape index (κ2) is 9.31. The molecule has 0 aliphatic carbocycles. The van der Waals surface area contributed by atoms with E-state index in [1.807, 2.05) is 48.5 Å². The molecule has 0 fully saturated rings. The van der Waals surface area contributed by atoms with Crippen molar-refractivity contribution >= 4 is 31.9 Å². The molecule has 2 rings (SSSR count). The SMILES string of the molecule is N#Cc1ccc(CBr)cc1.N#Cc1ccccc1CBr. The summed E-state index contributed by atoms with van der Waals surface area (Å²) in [4.78, 5) is 0. The summed E-state index contributed by atoms with van der Waals surface area (Å²) < 4.78 is 0. The first-order chi connectivity index (χ1) is 9.74. The molecule has 0 heterocycles. The van der Waals surface area contributed by atoms with E-state index >= 15 is 0 Å². The molecular formula is C16H12Br2N2. The predicted molar refractivity (Wildman–Crippen MR) is 87.6 cm³/mol. The molecule has 0 atom stereocenters. The van der Waals surface area contributed by atoms with E-state index in [4.69, 9.17) is 10.5 Å². The first kappa shape index (κ1) is 16.4. The fourth-order valence-corrected chi connectivity index (χ4v) is 2.28. The van der Waals surface area contributed by atoms with Crippen molar-refractivity contribution in [2.24, 2.45) is 0 Å². The Labute approximate surface area is 135 Å². The van der Waals surface area contributed by atoms with Crippen LogP contribution in [0.4, 0.5) is 0 Å². The lowest BCUT2D eigenvalue weighted by atomic mass is 10.1. The van der Waals surface area contributed by atoms with Crippen LogP contribution in [0.25, 0.3) is 0 Å². The first-order valence-electron chi connectivity index (χ1n) is 5.84. The third-order valence-corrected chi connectivity index (χ3v) is 3.77. The fraction of sp³-hybridized carbons (Fsp3) is 0.125. The van der Waals surface area contributed by atoms with Crippen molar-refractivity contribution in [3.8, 4) is 12.1 Å². The Morgan fingerprint density at radius 3 is 1.90 bits per heavy atom. The van der Waals surface area contributed by atoms with Crippen LogP contribution in [0.15, 0.2) is 48.5 Å². The van der Waals surface area contributed by atoms with Crippen molar-refractivity contribution in [1.82, 2.24) is 0 Å². The Kier molecular flexibility index (Phi) is 7.65. The molecule has 0 amide bonds. The summed E-state index contributed by atoms with van der Waals surface area (Å²) in [5, 5.41) is 18.6. The van der Waals surface area contributed by atoms with Gasteiger partial charge in [0.2, 0.25) is 0 Å². The summed E-state index contributed by atoms with van der Waals surface area (Å²) in [6.07, 6.45) is 0. The van der Waals surface area contributed by atoms with Gasteiger partial charge in [-0.15, -0.1) is 0 Å². The molecule has 0 aliphatic rings. The van der Waals surface area contributed by atoms with Crippen LogP contribution < -0.4 is 0 Å². The van der Waals surface area contributed by atoms with Crippen LogP contribution >= 0.6 is 31.9 Å². The average molecular weight is 392 g/mol. The van der Waals surface area contributed by atoms with Gasteiger partial charge in [0.1, 0.15) is 0 Å². The molecule has 0 unspecified atom stereocenters. The number of nitriles is 2. The molecule has 0 bridgehead atoms. The van der Waals surface area contributed by atoms with Gasteiger partial charge in [0, 0.05) is 10.7 Å². The van der Waals surface area contributed by atoms with E-state index in [0.29, 0.717) is 5.56 Å². The van der Waals surface area contributed by atoms with E-state index in [-0.39, 0.29) is 0 Å². The minimum absolute atomic E-state index is 0.713. The first-order valence-corrected chi connectivity index (χ1v) is 8.08. The standard InChI is InChI=1S/2C8H6BrN/c9-5-7-1-3-8(6-10)4-2-7;9-5-7-3-1-2-4-8(7)6-10/h2*1-4H,5H2. The van der Waals surface area contributed by atoms with Crippen LogP contribution in [0.1, 0.15) is 22.3 Å². The summed E-state index contributed by atoms with van der Waals surface area (Å²) in [5.41, 5.74) is 3.70. The lowest BCUT2D eigenvalue weighted by Gasteiger charge is -1.95. The molecule has 0 saturated heterocycles. The lowest BCUT2D eigenvalue weighted by molar-refractivity contribution is 1.37. The van der Waals surface area contributed by atoms with E-state index in [9.17, 15) is 0 Å². The topological polar surface area (TPSA) is 47.6 Å². The molecule has 0 aromatic heterocycles. The number of nitrogens with zero attached hydrogens (tertiary/aromatic N) is 2. The molecule has 2 aromatic carbocycles. The second-order valence-electron chi connectivity index (χ2n) is 3.84. The quantitative estimate of drug-likeness (QED) is 0.683. The number of hydrogen-bond donors (Lipinski definition) is 0. The normalized spacial score (nSPS) is 8.80. The molecule has 100 valence electrons. The van der Waals surface area contributed by atoms with Gasteiger partial charge in [-0.25, -0.2) is 0 Å². The van der Waals surface area contributed by atoms with Crippen LogP contribution in [-0.2, 0) is 10.7 Å². The Morgan fingerprint density at radius 2 is 1.45 bits per heavy atom. The summed E-state index contributed by atoms with van der Waals surface area (Å²) >= 11 is 6.62. The number of alkyl halides is 2. The maximum atomic E-state index is 8.58. The van der Waals surface area contributed by atoms with Crippen LogP contribution in [0.3, 0.4) is 0 Å². The van der Waals surface area contributed by atoms with Gasteiger partial charge in [-0.2, -0.15) is 10.5 Å². The van der Waals surface area contributed by atoms with Crippen LogP contribution in [-0.4, -0.2) is 0 Å². The Morgan fingerprint density at radius 1 is 0.800 bits per heavy atom. The summed E-state index contributed by atoms with van der Waals surface area (Å²) in [6, 6.07) is 19.2. The van der Waals surface area contributed by atoms with Crippen LogP contribution in [0.5, 0.6) is 0 Å². The minimum Gasteiger partial charge on any atom is -0.192 e. The monoisotopic (exact) mass is 390 g/mol. The zero-order chi connectivity index (χ0) is 14.8. The maximum absolute atomic E-state index is 8.58. The van der Waals surface area contributed by atoms with Gasteiger partial charge < -0.3 is 0 Å². The zero-order valence-corrected chi connectivity index (χ0v) is 13.9. The van der Waals surface area contributed by atoms with Crippen molar-refractivity contribution in [1.29, 1.82) is 10.5 Å². The van der Waals surface area contributed by atoms with Crippen molar-refractivity contribution < 1.29 is 0 Å². The highest BCUT2D eigenvalue weighted by Crippen LogP contribution is 2.10. The van der Waals surface area contributed by atoms with E-state index in [1.54, 1.807) is 0 Å². The Bertz CT molecular complexity index is 622. The number of halogens is 2. The zero-order valence-electron chi connectivity index (χ0n) is 10.7. The van der Waals surface area contributed by atoms with E-state index in [0.717, 1.165) is 21.8 Å². The van der Waals surface area contributed by atoms with Crippen molar-refractivity contribution in [2.75, 3.05) is 0 Å². The van der Waals surface area contributed by atoms with Gasteiger partial charge in [-0.3, -0.25) is 0 Å². The van der Waals surface area contributed by atoms with Crippen LogP contribution in [0, 0.1) is 22.7 Å². The molecular weight excluding hydrogens is 380 g/mol. The third-order valence-electron chi connectivity index (χ3n) is 2.52. The molecule has 0 aliphatic heterocycles. The Hall–Kier alpha value is -1.62. The average Bonchev–Trinajstić information content (AvgIpc) is 2.55. The Balaban J connectivity index is 0.000000200. The molecule has 2 aromatic rings. The molecule has 4 heteroatoms. The molecule has 20 heavy (non-hydrogen) atoms. The molecule has 0 saturated carbocycles. The lowest BCUT2D eigenvalue weighted by Crippen LogP contribution is -1.82. The fourth-order valence-electron chi connectivity index (χ4n) is 1.41. The van der Waals surface area contributed by atoms with E-state index in [1.165, 1.54) is 5.56 Å². The highest BCUT2D eigenvalue weighted by Gasteiger charge is 1.95. The molecule has 0 spiro atoms. The highest BCUT2D eigenvalue weighted by molar-refractivity contribution is 9.08. The largest absolute Gasteiger partial charge is 0.192 e. The van der Waals surface area contributed by atoms with Gasteiger partial charge in [-0.05, 0) is 29.3 Å². The van der Waals surface area contributed by atoms with Crippen molar-refractivity contribution in [3.05, 3.63) is 70.8 Å². The van der Waals surface area contributed by atoms with Gasteiger partial charge in [0.25, 0.3) is 0 Å². The van der Waals surface area contributed by atoms with Gasteiger partial charge in [0.05, 0.1) is 23.3 Å². The smallest absolute Gasteiger partial charge is 0.0994 e. The van der Waals surface area contributed by atoms with Crippen LogP contribution in [0.2, 0.25) is 0 Å². The molecule has 0 N–H and O–H groups in total. The molecule has 0 radical (unpaired) electrons. The predicted octanol–water partition coefficient (Wildman–Crippen LogP) is 4.91. The van der Waals surface area contributed by atoms with Gasteiger partial charge >= 0.3 is 0 Å². The number of benzene rings is 2.